The molecule has 3 atom stereocenters. The van der Waals surface area contributed by atoms with Gasteiger partial charge in [0.15, 0.2) is 5.60 Å². The lowest BCUT2D eigenvalue weighted by atomic mass is 9.74. The van der Waals surface area contributed by atoms with Crippen LogP contribution in [-0.2, 0) is 10.3 Å². The molecule has 2 aliphatic rings. The van der Waals surface area contributed by atoms with Crippen molar-refractivity contribution in [2.24, 2.45) is 0 Å². The Labute approximate surface area is 312 Å². The van der Waals surface area contributed by atoms with E-state index >= 15 is 0 Å². The van der Waals surface area contributed by atoms with Gasteiger partial charge in [-0.05, 0) is 72.5 Å². The van der Waals surface area contributed by atoms with Crippen LogP contribution in [0.25, 0.3) is 21.1 Å². The smallest absolute Gasteiger partial charge is 0.340 e. The summed E-state index contributed by atoms with van der Waals surface area (Å²) >= 11 is 14.5. The molecule has 1 spiro atoms. The van der Waals surface area contributed by atoms with E-state index in [1.807, 2.05) is 98.8 Å². The van der Waals surface area contributed by atoms with Crippen LogP contribution < -0.4 is 4.74 Å². The summed E-state index contributed by atoms with van der Waals surface area (Å²) in [6, 6.07) is 35.0. The molecule has 0 radical (unpaired) electrons. The third kappa shape index (κ3) is 4.59. The molecule has 0 bridgehead atoms. The minimum absolute atomic E-state index is 0.229. The Balaban J connectivity index is 1.27. The van der Waals surface area contributed by atoms with Crippen LogP contribution in [0.4, 0.5) is 0 Å². The summed E-state index contributed by atoms with van der Waals surface area (Å²) in [5, 5.41) is 23.3. The maximum absolute atomic E-state index is 13.7. The standard InChI is InChI=1S/C42H24Cl2N4O3S/c1-21-24(27(19-45)35-16-11-23-7-3-4-8-34(23)47-35)12-14-29-38(21)50-39-22(2)25(28(20-46)40-48-36-9-5-6-10-37(36)52-40)13-15-30(39)42(29)31-18-33(44)32(43)17-26(31)41(49)51-42/h3-18,27-28H,1-2H3. The van der Waals surface area contributed by atoms with Crippen molar-refractivity contribution in [3.63, 3.8) is 0 Å². The van der Waals surface area contributed by atoms with Crippen LogP contribution in [0.1, 0.15) is 71.8 Å². The lowest BCUT2D eigenvalue weighted by Crippen LogP contribution is -2.34. The van der Waals surface area contributed by atoms with Crippen LogP contribution in [-0.4, -0.2) is 15.9 Å². The van der Waals surface area contributed by atoms with Gasteiger partial charge in [-0.1, -0.05) is 83.9 Å². The summed E-state index contributed by atoms with van der Waals surface area (Å²) in [6.45, 7) is 3.79. The predicted octanol–water partition coefficient (Wildman–Crippen LogP) is 10.6. The first-order valence-corrected chi connectivity index (χ1v) is 18.0. The SMILES string of the molecule is Cc1c(C(C#N)c2ccc3ccccc3n2)ccc2c1Oc1c(ccc(C(C#N)c3nc4ccccc4s3)c1C)C21OC(=O)c2cc(Cl)c(Cl)cc21. The fraction of sp³-hybridized carbons (Fsp3) is 0.119. The number of halogens is 2. The van der Waals surface area contributed by atoms with Gasteiger partial charge < -0.3 is 9.47 Å². The van der Waals surface area contributed by atoms with E-state index in [1.54, 1.807) is 6.07 Å². The number of nitriles is 2. The minimum Gasteiger partial charge on any atom is -0.456 e. The Morgan fingerprint density at radius 2 is 1.37 bits per heavy atom. The van der Waals surface area contributed by atoms with Gasteiger partial charge in [-0.15, -0.1) is 11.3 Å². The Morgan fingerprint density at radius 3 is 2.06 bits per heavy atom. The van der Waals surface area contributed by atoms with Crippen molar-refractivity contribution >= 4 is 61.6 Å². The molecule has 0 aliphatic carbocycles. The first-order chi connectivity index (χ1) is 25.2. The second-order valence-electron chi connectivity index (χ2n) is 12.9. The van der Waals surface area contributed by atoms with E-state index in [-0.39, 0.29) is 15.6 Å². The molecule has 0 fully saturated rings. The average molecular weight is 736 g/mol. The van der Waals surface area contributed by atoms with E-state index in [0.29, 0.717) is 61.1 Å². The number of rotatable bonds is 4. The molecule has 52 heavy (non-hydrogen) atoms. The summed E-state index contributed by atoms with van der Waals surface area (Å²) in [5.74, 6) is -1.10. The molecule has 10 heteroatoms. The monoisotopic (exact) mass is 734 g/mol. The number of benzene rings is 5. The first-order valence-electron chi connectivity index (χ1n) is 16.4. The number of esters is 1. The minimum atomic E-state index is -1.46. The highest BCUT2D eigenvalue weighted by Gasteiger charge is 2.55. The van der Waals surface area contributed by atoms with Crippen molar-refractivity contribution < 1.29 is 14.3 Å². The van der Waals surface area contributed by atoms with Gasteiger partial charge in [0.2, 0.25) is 0 Å². The molecule has 250 valence electrons. The Morgan fingerprint density at radius 1 is 0.731 bits per heavy atom. The molecule has 2 aromatic heterocycles. The zero-order valence-corrected chi connectivity index (χ0v) is 29.9. The summed E-state index contributed by atoms with van der Waals surface area (Å²) in [7, 11) is 0. The fourth-order valence-corrected chi connectivity index (χ4v) is 8.93. The van der Waals surface area contributed by atoms with E-state index < -0.39 is 23.4 Å². The molecule has 2 aliphatic heterocycles. The van der Waals surface area contributed by atoms with Crippen LogP contribution in [0, 0.1) is 36.5 Å². The number of fused-ring (bicyclic) bond motifs is 8. The zero-order valence-electron chi connectivity index (χ0n) is 27.6. The number of hydrogen-bond donors (Lipinski definition) is 0. The number of thiazole rings is 1. The summed E-state index contributed by atoms with van der Waals surface area (Å²) in [5.41, 5.74) is 5.48. The highest BCUT2D eigenvalue weighted by atomic mass is 35.5. The molecule has 7 aromatic rings. The highest BCUT2D eigenvalue weighted by molar-refractivity contribution is 7.18. The topological polar surface area (TPSA) is 109 Å². The molecular weight excluding hydrogens is 711 g/mol. The number of pyridine rings is 1. The number of para-hydroxylation sites is 2. The van der Waals surface area contributed by atoms with Gasteiger partial charge in [-0.3, -0.25) is 4.98 Å². The van der Waals surface area contributed by atoms with E-state index in [4.69, 9.17) is 42.6 Å². The molecule has 0 N–H and O–H groups in total. The maximum atomic E-state index is 13.7. The van der Waals surface area contributed by atoms with Crippen LogP contribution >= 0.6 is 34.5 Å². The molecule has 7 nitrogen and oxygen atoms in total. The third-order valence-corrected chi connectivity index (χ3v) is 11.9. The second kappa shape index (κ2) is 11.9. The second-order valence-corrected chi connectivity index (χ2v) is 14.7. The highest BCUT2D eigenvalue weighted by Crippen LogP contribution is 2.59. The molecule has 0 saturated heterocycles. The zero-order chi connectivity index (χ0) is 35.9. The molecule has 5 aromatic carbocycles. The van der Waals surface area contributed by atoms with Crippen LogP contribution in [0.2, 0.25) is 10.0 Å². The Hall–Kier alpha value is -5.77. The molecule has 4 heterocycles. The van der Waals surface area contributed by atoms with Crippen LogP contribution in [0.15, 0.2) is 97.1 Å². The van der Waals surface area contributed by atoms with E-state index in [2.05, 4.69) is 12.1 Å². The Bertz CT molecular complexity index is 2750. The predicted molar refractivity (Wildman–Crippen MR) is 200 cm³/mol. The van der Waals surface area contributed by atoms with Crippen molar-refractivity contribution in [2.75, 3.05) is 0 Å². The van der Waals surface area contributed by atoms with Crippen molar-refractivity contribution in [1.82, 2.24) is 9.97 Å². The number of carbonyl (C=O) groups is 1. The quantitative estimate of drug-likeness (QED) is 0.166. The van der Waals surface area contributed by atoms with Gasteiger partial charge in [0.1, 0.15) is 28.3 Å². The fourth-order valence-electron chi connectivity index (χ4n) is 7.57. The average Bonchev–Trinajstić information content (AvgIpc) is 3.70. The molecule has 0 saturated carbocycles. The number of carbonyl (C=O) groups excluding carboxylic acids is 1. The molecule has 3 unspecified atom stereocenters. The number of aromatic nitrogens is 2. The maximum Gasteiger partial charge on any atom is 0.340 e. The lowest BCUT2D eigenvalue weighted by molar-refractivity contribution is 0.0223. The molecule has 9 rings (SSSR count). The van der Waals surface area contributed by atoms with Crippen molar-refractivity contribution in [1.29, 1.82) is 10.5 Å². The van der Waals surface area contributed by atoms with Gasteiger partial charge in [0.05, 0.1) is 49.2 Å². The Kier molecular flexibility index (Phi) is 7.36. The van der Waals surface area contributed by atoms with Gasteiger partial charge in [0, 0.05) is 22.1 Å². The normalized spacial score (nSPS) is 16.7. The third-order valence-electron chi connectivity index (χ3n) is 10.1. The lowest BCUT2D eigenvalue weighted by Gasteiger charge is -2.39. The molecule has 0 amide bonds. The van der Waals surface area contributed by atoms with Crippen LogP contribution in [0.3, 0.4) is 0 Å². The van der Waals surface area contributed by atoms with Crippen molar-refractivity contribution in [3.8, 4) is 23.6 Å². The van der Waals surface area contributed by atoms with E-state index in [9.17, 15) is 15.3 Å². The summed E-state index contributed by atoms with van der Waals surface area (Å²) < 4.78 is 14.3. The summed E-state index contributed by atoms with van der Waals surface area (Å²) in [6.07, 6.45) is 0. The van der Waals surface area contributed by atoms with Gasteiger partial charge in [-0.25, -0.2) is 9.78 Å². The van der Waals surface area contributed by atoms with E-state index in [0.717, 1.165) is 21.1 Å². The number of hydrogen-bond acceptors (Lipinski definition) is 8. The number of nitrogens with zero attached hydrogens (tertiary/aromatic N) is 4. The largest absolute Gasteiger partial charge is 0.456 e. The van der Waals surface area contributed by atoms with Crippen molar-refractivity contribution in [3.05, 3.63) is 162 Å². The van der Waals surface area contributed by atoms with Gasteiger partial charge in [-0.2, -0.15) is 10.5 Å². The summed E-state index contributed by atoms with van der Waals surface area (Å²) in [4.78, 5) is 23.4. The first kappa shape index (κ1) is 32.2. The van der Waals surface area contributed by atoms with E-state index in [1.165, 1.54) is 17.4 Å². The molecular formula is C42H24Cl2N4O3S. The van der Waals surface area contributed by atoms with Crippen molar-refractivity contribution in [2.45, 2.75) is 31.3 Å². The van der Waals surface area contributed by atoms with Gasteiger partial charge >= 0.3 is 5.97 Å². The van der Waals surface area contributed by atoms with Crippen LogP contribution in [0.5, 0.6) is 11.5 Å². The van der Waals surface area contributed by atoms with Gasteiger partial charge in [0.25, 0.3) is 0 Å². The number of ether oxygens (including phenoxy) is 2.